The number of carboxylic acid groups (broad SMARTS) is 1. The van der Waals surface area contributed by atoms with E-state index in [4.69, 9.17) is 9.84 Å². The van der Waals surface area contributed by atoms with Crippen molar-refractivity contribution in [2.75, 3.05) is 0 Å². The van der Waals surface area contributed by atoms with Gasteiger partial charge in [0.2, 0.25) is 0 Å². The van der Waals surface area contributed by atoms with Crippen LogP contribution in [0.1, 0.15) is 37.1 Å². The van der Waals surface area contributed by atoms with Crippen molar-refractivity contribution in [3.8, 4) is 0 Å². The van der Waals surface area contributed by atoms with Crippen LogP contribution in [-0.2, 0) is 28.9 Å². The van der Waals surface area contributed by atoms with E-state index >= 15 is 0 Å². The van der Waals surface area contributed by atoms with Gasteiger partial charge in [-0.2, -0.15) is 0 Å². The lowest BCUT2D eigenvalue weighted by molar-refractivity contribution is -0.149. The monoisotopic (exact) mass is 250 g/mol. The molecule has 5 nitrogen and oxygen atoms in total. The lowest BCUT2D eigenvalue weighted by Gasteiger charge is -2.17. The van der Waals surface area contributed by atoms with Crippen molar-refractivity contribution in [1.82, 2.24) is 9.55 Å². The number of hydrogen-bond donors (Lipinski definition) is 1. The van der Waals surface area contributed by atoms with Crippen LogP contribution in [0.4, 0.5) is 0 Å². The summed E-state index contributed by atoms with van der Waals surface area (Å²) >= 11 is 0. The molecule has 1 saturated heterocycles. The molecule has 1 aromatic heterocycles. The van der Waals surface area contributed by atoms with Gasteiger partial charge in [0.15, 0.2) is 6.10 Å². The van der Waals surface area contributed by atoms with Crippen molar-refractivity contribution in [3.05, 3.63) is 17.7 Å². The summed E-state index contributed by atoms with van der Waals surface area (Å²) in [5, 5.41) is 8.91. The van der Waals surface area contributed by atoms with E-state index in [1.807, 2.05) is 6.33 Å². The third-order valence-corrected chi connectivity index (χ3v) is 3.89. The first-order valence-corrected chi connectivity index (χ1v) is 6.65. The Bertz CT molecular complexity index is 455. The zero-order valence-corrected chi connectivity index (χ0v) is 10.3. The van der Waals surface area contributed by atoms with E-state index in [0.717, 1.165) is 25.8 Å². The molecule has 1 aliphatic heterocycles. The number of nitrogens with zero attached hydrogens (tertiary/aromatic N) is 2. The largest absolute Gasteiger partial charge is 0.479 e. The second kappa shape index (κ2) is 4.72. The quantitative estimate of drug-likeness (QED) is 0.880. The maximum atomic E-state index is 10.8. The van der Waals surface area contributed by atoms with Gasteiger partial charge in [-0.15, -0.1) is 0 Å². The van der Waals surface area contributed by atoms with E-state index < -0.39 is 12.1 Å². The third kappa shape index (κ3) is 2.14. The number of aliphatic carboxylic acids is 1. The fourth-order valence-electron chi connectivity index (χ4n) is 2.93. The van der Waals surface area contributed by atoms with Crippen LogP contribution in [0.5, 0.6) is 0 Å². The Kier molecular flexibility index (Phi) is 3.07. The number of hydrogen-bond acceptors (Lipinski definition) is 3. The van der Waals surface area contributed by atoms with Gasteiger partial charge >= 0.3 is 5.97 Å². The number of carboxylic acids is 1. The maximum absolute atomic E-state index is 10.8. The molecule has 2 atom stereocenters. The van der Waals surface area contributed by atoms with Crippen LogP contribution < -0.4 is 0 Å². The first-order valence-electron chi connectivity index (χ1n) is 6.65. The molecule has 1 fully saturated rings. The van der Waals surface area contributed by atoms with Gasteiger partial charge in [0.1, 0.15) is 0 Å². The molecule has 3 rings (SSSR count). The Morgan fingerprint density at radius 2 is 2.28 bits per heavy atom. The summed E-state index contributed by atoms with van der Waals surface area (Å²) < 4.78 is 7.70. The van der Waals surface area contributed by atoms with E-state index in [2.05, 4.69) is 9.55 Å². The first-order chi connectivity index (χ1) is 8.74. The van der Waals surface area contributed by atoms with Crippen LogP contribution in [0, 0.1) is 0 Å². The number of aromatic nitrogens is 2. The summed E-state index contributed by atoms with van der Waals surface area (Å²) in [6.45, 7) is 0.742. The molecule has 2 aliphatic rings. The van der Waals surface area contributed by atoms with Gasteiger partial charge in [-0.25, -0.2) is 9.78 Å². The number of carbonyl (C=O) groups is 1. The first kappa shape index (κ1) is 11.7. The fraction of sp³-hybridized carbons (Fsp3) is 0.692. The summed E-state index contributed by atoms with van der Waals surface area (Å²) in [5.74, 6) is -0.842. The van der Waals surface area contributed by atoms with Crippen molar-refractivity contribution < 1.29 is 14.6 Å². The summed E-state index contributed by atoms with van der Waals surface area (Å²) in [7, 11) is 0. The molecule has 0 saturated carbocycles. The van der Waals surface area contributed by atoms with Crippen molar-refractivity contribution >= 4 is 5.97 Å². The Morgan fingerprint density at radius 1 is 1.44 bits per heavy atom. The van der Waals surface area contributed by atoms with Crippen LogP contribution in [0.3, 0.4) is 0 Å². The molecule has 0 amide bonds. The zero-order chi connectivity index (χ0) is 12.5. The molecule has 0 radical (unpaired) electrons. The minimum Gasteiger partial charge on any atom is -0.479 e. The van der Waals surface area contributed by atoms with Gasteiger partial charge in [0, 0.05) is 5.69 Å². The van der Waals surface area contributed by atoms with Gasteiger partial charge in [-0.3, -0.25) is 0 Å². The molecule has 2 heterocycles. The number of aryl methyl sites for hydroxylation is 1. The van der Waals surface area contributed by atoms with Crippen LogP contribution in [0.15, 0.2) is 6.33 Å². The minimum absolute atomic E-state index is 0.0197. The highest BCUT2D eigenvalue weighted by atomic mass is 16.5. The fourth-order valence-corrected chi connectivity index (χ4v) is 2.93. The molecule has 18 heavy (non-hydrogen) atoms. The SMILES string of the molecule is O=C(O)C1CCC(Cn2cnc3c2CCCC3)O1. The van der Waals surface area contributed by atoms with E-state index in [9.17, 15) is 4.79 Å². The standard InChI is InChI=1S/C13H18N2O3/c16-13(17)12-6-5-9(18-12)7-15-8-14-10-3-1-2-4-11(10)15/h8-9,12H,1-7H2,(H,16,17). The molecular formula is C13H18N2O3. The minimum atomic E-state index is -0.842. The van der Waals surface area contributed by atoms with Crippen LogP contribution in [0.25, 0.3) is 0 Å². The number of rotatable bonds is 3. The average Bonchev–Trinajstić information content (AvgIpc) is 2.98. The Balaban J connectivity index is 1.67. The summed E-state index contributed by atoms with van der Waals surface area (Å²) in [6, 6.07) is 0. The molecule has 98 valence electrons. The molecule has 2 unspecified atom stereocenters. The lowest BCUT2D eigenvalue weighted by Crippen LogP contribution is -2.23. The highest BCUT2D eigenvalue weighted by Gasteiger charge is 2.31. The van der Waals surface area contributed by atoms with E-state index in [0.29, 0.717) is 6.42 Å². The van der Waals surface area contributed by atoms with E-state index in [1.165, 1.54) is 24.2 Å². The third-order valence-electron chi connectivity index (χ3n) is 3.89. The van der Waals surface area contributed by atoms with E-state index in [1.54, 1.807) is 0 Å². The van der Waals surface area contributed by atoms with Crippen molar-refractivity contribution in [1.29, 1.82) is 0 Å². The van der Waals surface area contributed by atoms with Gasteiger partial charge < -0.3 is 14.4 Å². The smallest absolute Gasteiger partial charge is 0.332 e. The highest BCUT2D eigenvalue weighted by molar-refractivity contribution is 5.72. The normalized spacial score (nSPS) is 27.1. The summed E-state index contributed by atoms with van der Waals surface area (Å²) in [4.78, 5) is 15.3. The number of ether oxygens (including phenoxy) is 1. The maximum Gasteiger partial charge on any atom is 0.332 e. The molecule has 1 aliphatic carbocycles. The molecule has 5 heteroatoms. The Labute approximate surface area is 106 Å². The molecule has 0 spiro atoms. The molecule has 1 aromatic rings. The predicted molar refractivity (Wildman–Crippen MR) is 64.4 cm³/mol. The average molecular weight is 250 g/mol. The van der Waals surface area contributed by atoms with E-state index in [-0.39, 0.29) is 6.10 Å². The van der Waals surface area contributed by atoms with Crippen molar-refractivity contribution in [2.24, 2.45) is 0 Å². The van der Waals surface area contributed by atoms with Gasteiger partial charge in [0.25, 0.3) is 0 Å². The number of fused-ring (bicyclic) bond motifs is 1. The highest BCUT2D eigenvalue weighted by Crippen LogP contribution is 2.24. The molecule has 1 N–H and O–H groups in total. The predicted octanol–water partition coefficient (Wildman–Crippen LogP) is 1.39. The second-order valence-corrected chi connectivity index (χ2v) is 5.16. The molecular weight excluding hydrogens is 232 g/mol. The van der Waals surface area contributed by atoms with Crippen molar-refractivity contribution in [3.63, 3.8) is 0 Å². The summed E-state index contributed by atoms with van der Waals surface area (Å²) in [6.07, 6.45) is 7.35. The van der Waals surface area contributed by atoms with Gasteiger partial charge in [-0.1, -0.05) is 0 Å². The number of imidazole rings is 1. The molecule has 0 aromatic carbocycles. The van der Waals surface area contributed by atoms with Gasteiger partial charge in [0.05, 0.1) is 24.7 Å². The summed E-state index contributed by atoms with van der Waals surface area (Å²) in [5.41, 5.74) is 2.54. The molecule has 0 bridgehead atoms. The van der Waals surface area contributed by atoms with Crippen LogP contribution in [-0.4, -0.2) is 32.8 Å². The van der Waals surface area contributed by atoms with Gasteiger partial charge in [-0.05, 0) is 38.5 Å². The zero-order valence-electron chi connectivity index (χ0n) is 10.3. The Morgan fingerprint density at radius 3 is 3.06 bits per heavy atom. The van der Waals surface area contributed by atoms with Crippen molar-refractivity contribution in [2.45, 2.75) is 57.3 Å². The lowest BCUT2D eigenvalue weighted by atomic mass is 10.0. The topological polar surface area (TPSA) is 64.3 Å². The van der Waals surface area contributed by atoms with Crippen LogP contribution in [0.2, 0.25) is 0 Å². The Hall–Kier alpha value is -1.36. The van der Waals surface area contributed by atoms with Crippen LogP contribution >= 0.6 is 0 Å². The second-order valence-electron chi connectivity index (χ2n) is 5.16.